The molecule has 2 unspecified atom stereocenters. The molecular formula is C17H32N4. The van der Waals surface area contributed by atoms with E-state index in [0.29, 0.717) is 12.1 Å². The van der Waals surface area contributed by atoms with E-state index in [4.69, 9.17) is 0 Å². The molecule has 120 valence electrons. The highest BCUT2D eigenvalue weighted by atomic mass is 15.3. The minimum atomic E-state index is -0.280. The summed E-state index contributed by atoms with van der Waals surface area (Å²) in [6, 6.07) is 3.88. The average molecular weight is 292 g/mol. The lowest BCUT2D eigenvalue weighted by Crippen LogP contribution is -2.51. The maximum atomic E-state index is 9.57. The van der Waals surface area contributed by atoms with Gasteiger partial charge in [-0.25, -0.2) is 0 Å². The molecule has 0 radical (unpaired) electrons. The zero-order valence-corrected chi connectivity index (χ0v) is 14.1. The van der Waals surface area contributed by atoms with Crippen molar-refractivity contribution in [3.05, 3.63) is 0 Å². The Hall–Kier alpha value is -0.630. The van der Waals surface area contributed by atoms with Gasteiger partial charge >= 0.3 is 0 Å². The first-order valence-corrected chi connectivity index (χ1v) is 8.74. The molecule has 4 heteroatoms. The smallest absolute Gasteiger partial charge is 0.106 e. The second-order valence-electron chi connectivity index (χ2n) is 6.91. The van der Waals surface area contributed by atoms with E-state index in [1.165, 1.54) is 38.9 Å². The fourth-order valence-electron chi connectivity index (χ4n) is 3.40. The van der Waals surface area contributed by atoms with E-state index in [0.717, 1.165) is 25.8 Å². The van der Waals surface area contributed by atoms with Crippen LogP contribution in [0.15, 0.2) is 0 Å². The normalized spacial score (nSPS) is 27.2. The summed E-state index contributed by atoms with van der Waals surface area (Å²) in [7, 11) is 2.24. The Kier molecular flexibility index (Phi) is 6.04. The van der Waals surface area contributed by atoms with Crippen LogP contribution >= 0.6 is 0 Å². The number of nitrogens with one attached hydrogen (secondary N) is 1. The zero-order chi connectivity index (χ0) is 15.3. The maximum Gasteiger partial charge on any atom is 0.106 e. The van der Waals surface area contributed by atoms with Crippen LogP contribution in [-0.4, -0.2) is 60.6 Å². The molecule has 2 rings (SSSR count). The number of piperazine rings is 1. The van der Waals surface area contributed by atoms with Gasteiger partial charge in [0.1, 0.15) is 5.54 Å². The van der Waals surface area contributed by atoms with Crippen molar-refractivity contribution >= 4 is 0 Å². The Morgan fingerprint density at radius 3 is 2.62 bits per heavy atom. The van der Waals surface area contributed by atoms with Gasteiger partial charge in [0.15, 0.2) is 0 Å². The molecule has 1 aliphatic carbocycles. The van der Waals surface area contributed by atoms with Gasteiger partial charge in [-0.3, -0.25) is 5.32 Å². The van der Waals surface area contributed by atoms with Gasteiger partial charge < -0.3 is 9.80 Å². The second-order valence-corrected chi connectivity index (χ2v) is 6.91. The largest absolute Gasteiger partial charge is 0.301 e. The molecule has 2 atom stereocenters. The lowest BCUT2D eigenvalue weighted by molar-refractivity contribution is 0.0906. The van der Waals surface area contributed by atoms with E-state index < -0.39 is 0 Å². The summed E-state index contributed by atoms with van der Waals surface area (Å²) in [5.41, 5.74) is -0.280. The fourth-order valence-corrected chi connectivity index (χ4v) is 3.40. The van der Waals surface area contributed by atoms with E-state index in [1.807, 2.05) is 0 Å². The van der Waals surface area contributed by atoms with E-state index >= 15 is 0 Å². The van der Waals surface area contributed by atoms with E-state index in [9.17, 15) is 5.26 Å². The first kappa shape index (κ1) is 16.7. The molecule has 21 heavy (non-hydrogen) atoms. The summed E-state index contributed by atoms with van der Waals surface area (Å²) < 4.78 is 0. The Labute approximate surface area is 130 Å². The molecule has 1 saturated carbocycles. The van der Waals surface area contributed by atoms with Gasteiger partial charge in [-0.2, -0.15) is 5.26 Å². The van der Waals surface area contributed by atoms with Crippen LogP contribution in [0.4, 0.5) is 0 Å². The third-order valence-corrected chi connectivity index (χ3v) is 5.29. The van der Waals surface area contributed by atoms with Crippen molar-refractivity contribution in [2.24, 2.45) is 0 Å². The molecule has 0 bridgehead atoms. The van der Waals surface area contributed by atoms with Crippen molar-refractivity contribution in [1.29, 1.82) is 5.26 Å². The number of nitrogens with zero attached hydrogens (tertiary/aromatic N) is 3. The lowest BCUT2D eigenvalue weighted by atomic mass is 9.91. The predicted octanol–water partition coefficient (Wildman–Crippen LogP) is 2.22. The molecule has 0 spiro atoms. The third-order valence-electron chi connectivity index (χ3n) is 5.29. The van der Waals surface area contributed by atoms with E-state index in [2.05, 4.69) is 42.1 Å². The van der Waals surface area contributed by atoms with Crippen molar-refractivity contribution in [2.75, 3.05) is 33.2 Å². The van der Waals surface area contributed by atoms with Crippen LogP contribution in [0.2, 0.25) is 0 Å². The van der Waals surface area contributed by atoms with Crippen molar-refractivity contribution in [3.8, 4) is 6.07 Å². The summed E-state index contributed by atoms with van der Waals surface area (Å²) in [5, 5.41) is 13.2. The molecule has 4 nitrogen and oxygen atoms in total. The van der Waals surface area contributed by atoms with Crippen molar-refractivity contribution < 1.29 is 0 Å². The molecule has 0 aromatic rings. The highest BCUT2D eigenvalue weighted by Crippen LogP contribution is 2.26. The van der Waals surface area contributed by atoms with Gasteiger partial charge in [-0.15, -0.1) is 0 Å². The molecule has 2 aliphatic rings. The third kappa shape index (κ3) is 4.67. The van der Waals surface area contributed by atoms with Crippen LogP contribution < -0.4 is 5.32 Å². The minimum Gasteiger partial charge on any atom is -0.301 e. The molecule has 1 aliphatic heterocycles. The Bertz CT molecular complexity index is 360. The first-order valence-electron chi connectivity index (χ1n) is 8.74. The van der Waals surface area contributed by atoms with Crippen molar-refractivity contribution in [3.63, 3.8) is 0 Å². The standard InChI is InChI=1S/C17H32N4/c1-4-16-13-21(12-11-20(16)3)10-6-9-17(5-2,14-18)19-15-7-8-15/h15-16,19H,4-13H2,1-3H3. The number of hydrogen-bond acceptors (Lipinski definition) is 4. The number of hydrogen-bond donors (Lipinski definition) is 1. The van der Waals surface area contributed by atoms with Gasteiger partial charge in [0.05, 0.1) is 6.07 Å². The molecule has 0 amide bonds. The summed E-state index contributed by atoms with van der Waals surface area (Å²) in [6.07, 6.45) is 6.76. The second kappa shape index (κ2) is 7.58. The predicted molar refractivity (Wildman–Crippen MR) is 87.2 cm³/mol. The molecule has 1 heterocycles. The van der Waals surface area contributed by atoms with Gasteiger partial charge in [-0.05, 0) is 52.1 Å². The van der Waals surface area contributed by atoms with Gasteiger partial charge in [-0.1, -0.05) is 13.8 Å². The molecular weight excluding hydrogens is 260 g/mol. The summed E-state index contributed by atoms with van der Waals surface area (Å²) in [4.78, 5) is 5.07. The van der Waals surface area contributed by atoms with Crippen LogP contribution in [0, 0.1) is 11.3 Å². The SMILES string of the molecule is CCC1CN(CCCC(C#N)(CC)NC2CC2)CCN1C. The molecule has 0 aromatic heterocycles. The zero-order valence-electron chi connectivity index (χ0n) is 14.1. The molecule has 0 aromatic carbocycles. The van der Waals surface area contributed by atoms with Crippen molar-refractivity contribution in [2.45, 2.75) is 70.0 Å². The Morgan fingerprint density at radius 1 is 1.29 bits per heavy atom. The average Bonchev–Trinajstić information content (AvgIpc) is 3.31. The van der Waals surface area contributed by atoms with Crippen LogP contribution in [0.25, 0.3) is 0 Å². The van der Waals surface area contributed by atoms with Crippen molar-refractivity contribution in [1.82, 2.24) is 15.1 Å². The number of likely N-dealkylation sites (N-methyl/N-ethyl adjacent to an activating group) is 1. The number of rotatable bonds is 8. The lowest BCUT2D eigenvalue weighted by Gasteiger charge is -2.39. The Balaban J connectivity index is 1.75. The maximum absolute atomic E-state index is 9.57. The molecule has 2 fully saturated rings. The summed E-state index contributed by atoms with van der Waals surface area (Å²) in [6.45, 7) is 9.10. The van der Waals surface area contributed by atoms with Gasteiger partial charge in [0, 0.05) is 31.7 Å². The highest BCUT2D eigenvalue weighted by Gasteiger charge is 2.34. The van der Waals surface area contributed by atoms with Gasteiger partial charge in [0.2, 0.25) is 0 Å². The molecule has 1 saturated heterocycles. The Morgan fingerprint density at radius 2 is 2.05 bits per heavy atom. The molecule has 1 N–H and O–H groups in total. The number of nitriles is 1. The fraction of sp³-hybridized carbons (Fsp3) is 0.941. The summed E-state index contributed by atoms with van der Waals surface area (Å²) in [5.74, 6) is 0. The highest BCUT2D eigenvalue weighted by molar-refractivity contribution is 5.09. The quantitative estimate of drug-likeness (QED) is 0.745. The van der Waals surface area contributed by atoms with Gasteiger partial charge in [0.25, 0.3) is 0 Å². The van der Waals surface area contributed by atoms with Crippen LogP contribution in [0.3, 0.4) is 0 Å². The van der Waals surface area contributed by atoms with E-state index in [-0.39, 0.29) is 5.54 Å². The summed E-state index contributed by atoms with van der Waals surface area (Å²) >= 11 is 0. The van der Waals surface area contributed by atoms with Crippen LogP contribution in [-0.2, 0) is 0 Å². The van der Waals surface area contributed by atoms with E-state index in [1.54, 1.807) is 0 Å². The monoisotopic (exact) mass is 292 g/mol. The van der Waals surface area contributed by atoms with Crippen LogP contribution in [0.5, 0.6) is 0 Å². The van der Waals surface area contributed by atoms with Crippen LogP contribution in [0.1, 0.15) is 52.4 Å². The minimum absolute atomic E-state index is 0.280. The topological polar surface area (TPSA) is 42.3 Å². The first-order chi connectivity index (χ1) is 10.1.